The van der Waals surface area contributed by atoms with Gasteiger partial charge in [0, 0.05) is 6.42 Å². The van der Waals surface area contributed by atoms with E-state index in [9.17, 15) is 9.59 Å². The van der Waals surface area contributed by atoms with Crippen LogP contribution in [0.4, 0.5) is 0 Å². The fourth-order valence-electron chi connectivity index (χ4n) is 2.36. The Kier molecular flexibility index (Phi) is 6.40. The molecule has 0 saturated carbocycles. The lowest BCUT2D eigenvalue weighted by molar-refractivity contribution is -0.130. The van der Waals surface area contributed by atoms with Gasteiger partial charge in [0.2, 0.25) is 13.9 Å². The molecule has 1 saturated heterocycles. The van der Waals surface area contributed by atoms with Crippen molar-refractivity contribution < 1.29 is 9.59 Å². The molecule has 0 spiro atoms. The van der Waals surface area contributed by atoms with Crippen molar-refractivity contribution in [2.75, 3.05) is 26.7 Å². The predicted molar refractivity (Wildman–Crippen MR) is 72.2 cm³/mol. The van der Waals surface area contributed by atoms with Crippen LogP contribution in [0.25, 0.3) is 0 Å². The van der Waals surface area contributed by atoms with E-state index in [2.05, 4.69) is 11.9 Å². The summed E-state index contributed by atoms with van der Waals surface area (Å²) in [5.74, 6) is 0.535. The minimum atomic E-state index is -0.127. The van der Waals surface area contributed by atoms with Crippen molar-refractivity contribution in [1.82, 2.24) is 9.71 Å². The Balaban J connectivity index is 2.13. The topological polar surface area (TPSA) is 40.6 Å². The van der Waals surface area contributed by atoms with Gasteiger partial charge < -0.3 is 9.71 Å². The lowest BCUT2D eigenvalue weighted by Crippen LogP contribution is -2.32. The number of carbonyl (C=O) groups excluding carboxylic acids is 2. The van der Waals surface area contributed by atoms with Crippen molar-refractivity contribution in [2.24, 2.45) is 5.92 Å². The molecule has 0 aliphatic carbocycles. The van der Waals surface area contributed by atoms with E-state index in [0.717, 1.165) is 36.7 Å². The highest BCUT2D eigenvalue weighted by atomic mass is 16.2. The second kappa shape index (κ2) is 7.57. The van der Waals surface area contributed by atoms with Crippen LogP contribution in [0.1, 0.15) is 39.0 Å². The van der Waals surface area contributed by atoms with E-state index in [1.165, 1.54) is 19.8 Å². The first kappa shape index (κ1) is 15.2. The number of ketones is 1. The van der Waals surface area contributed by atoms with Crippen molar-refractivity contribution in [3.8, 4) is 0 Å². The molecule has 100 valence electrons. The van der Waals surface area contributed by atoms with Crippen LogP contribution in [0.2, 0.25) is 0 Å². The summed E-state index contributed by atoms with van der Waals surface area (Å²) in [7, 11) is 7.66. The van der Waals surface area contributed by atoms with Gasteiger partial charge in [-0.3, -0.25) is 9.59 Å². The van der Waals surface area contributed by atoms with Gasteiger partial charge in [0.1, 0.15) is 5.78 Å². The summed E-state index contributed by atoms with van der Waals surface area (Å²) in [4.78, 5) is 25.8. The van der Waals surface area contributed by atoms with Crippen LogP contribution < -0.4 is 0 Å². The number of carbonyl (C=O) groups is 2. The van der Waals surface area contributed by atoms with Gasteiger partial charge in [-0.15, -0.1) is 0 Å². The normalized spacial score (nSPS) is 17.7. The zero-order chi connectivity index (χ0) is 13.5. The van der Waals surface area contributed by atoms with E-state index in [1.807, 2.05) is 0 Å². The summed E-state index contributed by atoms with van der Waals surface area (Å²) in [6.07, 6.45) is 4.87. The number of likely N-dealkylation sites (tertiary alicyclic amines) is 1. The molecule has 2 radical (unpaired) electrons. The molecule has 5 heteroatoms. The molecule has 0 aromatic rings. The molecule has 4 nitrogen and oxygen atoms in total. The Morgan fingerprint density at radius 3 is 2.50 bits per heavy atom. The second-order valence-electron chi connectivity index (χ2n) is 5.36. The lowest BCUT2D eigenvalue weighted by atomic mass is 9.91. The Hall–Kier alpha value is -0.835. The molecule has 0 aromatic carbocycles. The van der Waals surface area contributed by atoms with Crippen molar-refractivity contribution in [3.05, 3.63) is 0 Å². The van der Waals surface area contributed by atoms with E-state index in [0.29, 0.717) is 6.42 Å². The molecule has 0 bridgehead atoms. The third-order valence-electron chi connectivity index (χ3n) is 3.55. The zero-order valence-corrected chi connectivity index (χ0v) is 11.5. The van der Waals surface area contributed by atoms with Crippen LogP contribution in [0.5, 0.6) is 0 Å². The van der Waals surface area contributed by atoms with Gasteiger partial charge in [0.25, 0.3) is 0 Å². The van der Waals surface area contributed by atoms with Crippen molar-refractivity contribution >= 4 is 19.7 Å². The second-order valence-corrected chi connectivity index (χ2v) is 5.36. The van der Waals surface area contributed by atoms with Crippen LogP contribution >= 0.6 is 0 Å². The van der Waals surface area contributed by atoms with Crippen molar-refractivity contribution in [3.63, 3.8) is 0 Å². The van der Waals surface area contributed by atoms with Gasteiger partial charge in [0.15, 0.2) is 0 Å². The number of rotatable bonds is 6. The van der Waals surface area contributed by atoms with E-state index in [4.69, 9.17) is 7.98 Å². The van der Waals surface area contributed by atoms with Crippen molar-refractivity contribution in [1.29, 1.82) is 0 Å². The van der Waals surface area contributed by atoms with E-state index >= 15 is 0 Å². The molecule has 0 N–H and O–H groups in total. The van der Waals surface area contributed by atoms with Crippen LogP contribution in [-0.4, -0.2) is 56.1 Å². The van der Waals surface area contributed by atoms with Crippen LogP contribution in [-0.2, 0) is 9.59 Å². The smallest absolute Gasteiger partial charge is 0.231 e. The summed E-state index contributed by atoms with van der Waals surface area (Å²) < 4.78 is 0. The minimum absolute atomic E-state index is 0.0209. The third kappa shape index (κ3) is 5.67. The molecule has 0 atom stereocenters. The molecular weight excluding hydrogens is 227 g/mol. The van der Waals surface area contributed by atoms with Gasteiger partial charge in [-0.1, -0.05) is 0 Å². The van der Waals surface area contributed by atoms with Crippen LogP contribution in [0, 0.1) is 5.92 Å². The third-order valence-corrected chi connectivity index (χ3v) is 3.55. The largest absolute Gasteiger partial charge is 0.390 e. The number of amides is 1. The highest BCUT2D eigenvalue weighted by Crippen LogP contribution is 2.21. The fraction of sp³-hybridized carbons (Fsp3) is 0.846. The Bertz CT molecular complexity index is 289. The first-order valence-corrected chi connectivity index (χ1v) is 6.72. The van der Waals surface area contributed by atoms with Gasteiger partial charge in [-0.05, 0) is 58.7 Å². The highest BCUT2D eigenvalue weighted by Gasteiger charge is 2.17. The molecule has 1 heterocycles. The molecule has 1 fully saturated rings. The SMILES string of the molecule is [B]N(CC(C)=O)C(=O)CCCC1CCN(C)CC1. The van der Waals surface area contributed by atoms with E-state index in [1.54, 1.807) is 0 Å². The molecule has 1 aliphatic rings. The van der Waals surface area contributed by atoms with Gasteiger partial charge in [0.05, 0.1) is 6.54 Å². The van der Waals surface area contributed by atoms with Gasteiger partial charge in [-0.25, -0.2) is 0 Å². The highest BCUT2D eigenvalue weighted by molar-refractivity contribution is 6.15. The standard InChI is InChI=1S/C13H23BN2O2/c1-11(17)10-16(14)13(18)5-3-4-12-6-8-15(2)9-7-12/h12H,3-10H2,1-2H3. The predicted octanol–water partition coefficient (Wildman–Crippen LogP) is 1.000. The summed E-state index contributed by atoms with van der Waals surface area (Å²) in [6, 6.07) is 0. The number of hydrogen-bond donors (Lipinski definition) is 0. The Labute approximate surface area is 111 Å². The molecule has 1 aliphatic heterocycles. The molecule has 1 amide bonds. The first-order valence-electron chi connectivity index (χ1n) is 6.72. The number of hydrogen-bond acceptors (Lipinski definition) is 3. The maximum atomic E-state index is 11.6. The van der Waals surface area contributed by atoms with Crippen LogP contribution in [0.3, 0.4) is 0 Å². The Morgan fingerprint density at radius 2 is 1.94 bits per heavy atom. The number of piperidine rings is 1. The maximum absolute atomic E-state index is 11.6. The number of Topliss-reactive ketones (excluding diaryl/α,β-unsaturated/α-hetero) is 1. The average molecular weight is 250 g/mol. The van der Waals surface area contributed by atoms with Crippen molar-refractivity contribution in [2.45, 2.75) is 39.0 Å². The molecule has 0 aromatic heterocycles. The average Bonchev–Trinajstić information content (AvgIpc) is 2.30. The van der Waals surface area contributed by atoms with E-state index < -0.39 is 0 Å². The molecule has 18 heavy (non-hydrogen) atoms. The summed E-state index contributed by atoms with van der Waals surface area (Å²) in [6.45, 7) is 3.77. The van der Waals surface area contributed by atoms with Crippen LogP contribution in [0.15, 0.2) is 0 Å². The number of nitrogens with zero attached hydrogens (tertiary/aromatic N) is 2. The first-order chi connectivity index (χ1) is 8.49. The summed E-state index contributed by atoms with van der Waals surface area (Å²) in [5, 5.41) is 0. The maximum Gasteiger partial charge on any atom is 0.231 e. The zero-order valence-electron chi connectivity index (χ0n) is 11.5. The molecule has 0 unspecified atom stereocenters. The quantitative estimate of drug-likeness (QED) is 0.660. The summed E-state index contributed by atoms with van der Waals surface area (Å²) >= 11 is 0. The molecule has 1 rings (SSSR count). The molecular formula is C13H23BN2O2. The lowest BCUT2D eigenvalue weighted by Gasteiger charge is -2.29. The van der Waals surface area contributed by atoms with Gasteiger partial charge >= 0.3 is 0 Å². The summed E-state index contributed by atoms with van der Waals surface area (Å²) in [5.41, 5.74) is 0. The minimum Gasteiger partial charge on any atom is -0.390 e. The monoisotopic (exact) mass is 250 g/mol. The van der Waals surface area contributed by atoms with Gasteiger partial charge in [-0.2, -0.15) is 0 Å². The fourth-order valence-corrected chi connectivity index (χ4v) is 2.36. The van der Waals surface area contributed by atoms with E-state index in [-0.39, 0.29) is 18.2 Å². The Morgan fingerprint density at radius 1 is 1.33 bits per heavy atom.